The highest BCUT2D eigenvalue weighted by atomic mass is 16.6. The predicted octanol–water partition coefficient (Wildman–Crippen LogP) is -0.495. The number of hydrogen-bond acceptors (Lipinski definition) is 7. The monoisotopic (exact) mass is 264 g/mol. The van der Waals surface area contributed by atoms with Crippen molar-refractivity contribution in [3.63, 3.8) is 0 Å². The van der Waals surface area contributed by atoms with Crippen molar-refractivity contribution in [3.8, 4) is 0 Å². The van der Waals surface area contributed by atoms with E-state index in [4.69, 9.17) is 18.9 Å². The quantitative estimate of drug-likeness (QED) is 0.443. The summed E-state index contributed by atoms with van der Waals surface area (Å²) in [5.74, 6) is -1.04. The molecular weight excluding hydrogens is 244 g/mol. The van der Waals surface area contributed by atoms with E-state index in [-0.39, 0.29) is 19.8 Å². The number of carbonyl (C=O) groups excluding carboxylic acids is 2. The first kappa shape index (κ1) is 16.8. The van der Waals surface area contributed by atoms with E-state index in [1.165, 1.54) is 21.0 Å². The third kappa shape index (κ3) is 7.99. The molecule has 1 N–H and O–H groups in total. The lowest BCUT2D eigenvalue weighted by Gasteiger charge is -2.24. The molecule has 0 bridgehead atoms. The smallest absolute Gasteiger partial charge is 0.303 e. The Morgan fingerprint density at radius 2 is 1.78 bits per heavy atom. The van der Waals surface area contributed by atoms with Crippen molar-refractivity contribution < 1.29 is 33.6 Å². The Balaban J connectivity index is 4.35. The third-order valence-electron chi connectivity index (χ3n) is 1.98. The molecule has 0 rings (SSSR count). The molecule has 0 saturated carbocycles. The van der Waals surface area contributed by atoms with Gasteiger partial charge in [-0.05, 0) is 0 Å². The van der Waals surface area contributed by atoms with Crippen molar-refractivity contribution in [2.24, 2.45) is 0 Å². The highest BCUT2D eigenvalue weighted by Crippen LogP contribution is 2.06. The fraction of sp³-hybridized carbons (Fsp3) is 0.818. The van der Waals surface area contributed by atoms with Gasteiger partial charge in [-0.3, -0.25) is 9.59 Å². The number of rotatable bonds is 9. The summed E-state index contributed by atoms with van der Waals surface area (Å²) in [6.45, 7) is 2.53. The maximum atomic E-state index is 10.9. The lowest BCUT2D eigenvalue weighted by molar-refractivity contribution is -0.170. The maximum absolute atomic E-state index is 10.9. The summed E-state index contributed by atoms with van der Waals surface area (Å²) in [6, 6.07) is 0. The Morgan fingerprint density at radius 1 is 1.11 bits per heavy atom. The minimum atomic E-state index is -0.840. The zero-order chi connectivity index (χ0) is 14.0. The summed E-state index contributed by atoms with van der Waals surface area (Å²) >= 11 is 0. The number of methoxy groups -OCH3 is 1. The molecule has 18 heavy (non-hydrogen) atoms. The topological polar surface area (TPSA) is 91.3 Å². The number of carbonyl (C=O) groups is 2. The summed E-state index contributed by atoms with van der Waals surface area (Å²) in [6.07, 6.45) is -1.60. The largest absolute Gasteiger partial charge is 0.462 e. The van der Waals surface area contributed by atoms with Crippen LogP contribution in [0.3, 0.4) is 0 Å². The van der Waals surface area contributed by atoms with Gasteiger partial charge < -0.3 is 24.1 Å². The number of aliphatic hydroxyl groups is 1. The van der Waals surface area contributed by atoms with Crippen LogP contribution in [0.15, 0.2) is 0 Å². The second-order valence-corrected chi connectivity index (χ2v) is 3.54. The molecule has 0 aliphatic heterocycles. The van der Waals surface area contributed by atoms with Crippen LogP contribution in [-0.4, -0.2) is 62.8 Å². The van der Waals surface area contributed by atoms with Crippen molar-refractivity contribution in [1.29, 1.82) is 0 Å². The van der Waals surface area contributed by atoms with Gasteiger partial charge in [-0.25, -0.2) is 0 Å². The van der Waals surface area contributed by atoms with Crippen LogP contribution in [-0.2, 0) is 28.5 Å². The van der Waals surface area contributed by atoms with Crippen LogP contribution < -0.4 is 0 Å². The number of aliphatic hydroxyl groups excluding tert-OH is 1. The van der Waals surface area contributed by atoms with E-state index in [1.54, 1.807) is 0 Å². The van der Waals surface area contributed by atoms with E-state index in [0.29, 0.717) is 6.61 Å². The lowest BCUT2D eigenvalue weighted by Crippen LogP contribution is -2.40. The summed E-state index contributed by atoms with van der Waals surface area (Å²) in [4.78, 5) is 21.6. The van der Waals surface area contributed by atoms with Crippen LogP contribution in [0.5, 0.6) is 0 Å². The van der Waals surface area contributed by atoms with Gasteiger partial charge in [-0.2, -0.15) is 0 Å². The fourth-order valence-corrected chi connectivity index (χ4v) is 1.19. The van der Waals surface area contributed by atoms with Crippen molar-refractivity contribution >= 4 is 11.9 Å². The van der Waals surface area contributed by atoms with Crippen LogP contribution in [0, 0.1) is 0 Å². The summed E-state index contributed by atoms with van der Waals surface area (Å²) in [5, 5.41) is 9.18. The van der Waals surface area contributed by atoms with Crippen LogP contribution in [0.25, 0.3) is 0 Å². The zero-order valence-electron chi connectivity index (χ0n) is 10.9. The third-order valence-corrected chi connectivity index (χ3v) is 1.98. The molecule has 0 amide bonds. The molecule has 0 aromatic rings. The maximum Gasteiger partial charge on any atom is 0.303 e. The first-order chi connectivity index (χ1) is 8.51. The van der Waals surface area contributed by atoms with Gasteiger partial charge in [-0.15, -0.1) is 0 Å². The van der Waals surface area contributed by atoms with Gasteiger partial charge in [0.15, 0.2) is 6.10 Å². The average Bonchev–Trinajstić information content (AvgIpc) is 2.30. The number of ether oxygens (including phenoxy) is 4. The number of esters is 2. The molecule has 0 aliphatic rings. The molecule has 7 nitrogen and oxygen atoms in total. The highest BCUT2D eigenvalue weighted by molar-refractivity contribution is 5.67. The van der Waals surface area contributed by atoms with Gasteiger partial charge in [0, 0.05) is 21.0 Å². The van der Waals surface area contributed by atoms with E-state index < -0.39 is 24.1 Å². The van der Waals surface area contributed by atoms with Crippen LogP contribution in [0.2, 0.25) is 0 Å². The normalized spacial score (nSPS) is 13.8. The molecule has 2 unspecified atom stereocenters. The molecule has 0 saturated heterocycles. The van der Waals surface area contributed by atoms with Crippen LogP contribution in [0.1, 0.15) is 13.8 Å². The van der Waals surface area contributed by atoms with Gasteiger partial charge >= 0.3 is 11.9 Å². The van der Waals surface area contributed by atoms with Crippen LogP contribution in [0.4, 0.5) is 0 Å². The minimum Gasteiger partial charge on any atom is -0.462 e. The van der Waals surface area contributed by atoms with E-state index in [9.17, 15) is 14.7 Å². The Morgan fingerprint density at radius 3 is 2.22 bits per heavy atom. The lowest BCUT2D eigenvalue weighted by atomic mass is 10.2. The van der Waals surface area contributed by atoms with Gasteiger partial charge in [0.05, 0.1) is 19.8 Å². The Kier molecular flexibility index (Phi) is 9.17. The van der Waals surface area contributed by atoms with Crippen molar-refractivity contribution in [3.05, 3.63) is 0 Å². The van der Waals surface area contributed by atoms with E-state index in [0.717, 1.165) is 0 Å². The van der Waals surface area contributed by atoms with Gasteiger partial charge in [0.2, 0.25) is 0 Å². The summed E-state index contributed by atoms with van der Waals surface area (Å²) in [5.41, 5.74) is 0. The minimum absolute atomic E-state index is 0.160. The molecule has 2 atom stereocenters. The van der Waals surface area contributed by atoms with E-state index in [2.05, 4.69) is 0 Å². The molecule has 0 radical (unpaired) electrons. The molecular formula is C11H20O7. The molecule has 0 aliphatic carbocycles. The molecule has 0 fully saturated rings. The van der Waals surface area contributed by atoms with Gasteiger partial charge in [-0.1, -0.05) is 0 Å². The first-order valence-corrected chi connectivity index (χ1v) is 5.53. The predicted molar refractivity (Wildman–Crippen MR) is 60.9 cm³/mol. The van der Waals surface area contributed by atoms with Crippen molar-refractivity contribution in [2.45, 2.75) is 26.1 Å². The van der Waals surface area contributed by atoms with Crippen molar-refractivity contribution in [2.75, 3.05) is 33.5 Å². The summed E-state index contributed by atoms with van der Waals surface area (Å²) < 4.78 is 19.8. The molecule has 7 heteroatoms. The van der Waals surface area contributed by atoms with E-state index in [1.807, 2.05) is 0 Å². The van der Waals surface area contributed by atoms with Crippen LogP contribution >= 0.6 is 0 Å². The SMILES string of the molecule is COCCOC(CO)C(COC(C)=O)OC(C)=O. The Labute approximate surface area is 106 Å². The second kappa shape index (κ2) is 9.81. The molecule has 0 spiro atoms. The molecule has 0 aromatic heterocycles. The Hall–Kier alpha value is -1.18. The van der Waals surface area contributed by atoms with Gasteiger partial charge in [0.25, 0.3) is 0 Å². The highest BCUT2D eigenvalue weighted by Gasteiger charge is 2.25. The fourth-order valence-electron chi connectivity index (χ4n) is 1.19. The number of hydrogen-bond donors (Lipinski definition) is 1. The standard InChI is InChI=1S/C11H20O7/c1-8(13)17-7-11(18-9(2)14)10(6-12)16-5-4-15-3/h10-12H,4-7H2,1-3H3. The Bertz CT molecular complexity index is 254. The van der Waals surface area contributed by atoms with Crippen molar-refractivity contribution in [1.82, 2.24) is 0 Å². The molecule has 0 aromatic carbocycles. The second-order valence-electron chi connectivity index (χ2n) is 3.54. The summed E-state index contributed by atoms with van der Waals surface area (Å²) in [7, 11) is 1.51. The van der Waals surface area contributed by atoms with Gasteiger partial charge in [0.1, 0.15) is 12.7 Å². The van der Waals surface area contributed by atoms with E-state index >= 15 is 0 Å². The first-order valence-electron chi connectivity index (χ1n) is 5.53. The molecule has 0 heterocycles. The molecule has 106 valence electrons. The average molecular weight is 264 g/mol. The zero-order valence-corrected chi connectivity index (χ0v) is 10.9.